The maximum absolute atomic E-state index is 11.5. The Hall–Kier alpha value is -2.66. The van der Waals surface area contributed by atoms with Gasteiger partial charge in [-0.1, -0.05) is 36.4 Å². The van der Waals surface area contributed by atoms with Gasteiger partial charge in [-0.15, -0.1) is 0 Å². The third-order valence-electron chi connectivity index (χ3n) is 2.61. The molecule has 0 fully saturated rings. The molecule has 23 heavy (non-hydrogen) atoms. The Kier molecular flexibility index (Phi) is 6.96. The number of benzene rings is 2. The molecule has 3 N–H and O–H groups in total. The smallest absolute Gasteiger partial charge is 0.335 e. The lowest BCUT2D eigenvalue weighted by Crippen LogP contribution is -2.48. The number of hydrogen-bond acceptors (Lipinski definition) is 3. The minimum Gasteiger partial charge on any atom is -0.478 e. The van der Waals surface area contributed by atoms with Gasteiger partial charge in [0.15, 0.2) is 0 Å². The monoisotopic (exact) mass is 314 g/mol. The van der Waals surface area contributed by atoms with E-state index in [0.29, 0.717) is 11.1 Å². The first-order chi connectivity index (χ1) is 10.8. The van der Waals surface area contributed by atoms with E-state index in [1.807, 2.05) is 39.0 Å². The van der Waals surface area contributed by atoms with Crippen LogP contribution in [0.4, 0.5) is 0 Å². The van der Waals surface area contributed by atoms with E-state index in [1.165, 1.54) is 0 Å². The summed E-state index contributed by atoms with van der Waals surface area (Å²) in [6, 6.07) is 17.4. The molecule has 0 unspecified atom stereocenters. The fourth-order valence-electron chi connectivity index (χ4n) is 1.49. The van der Waals surface area contributed by atoms with Gasteiger partial charge in [0, 0.05) is 11.1 Å². The van der Waals surface area contributed by atoms with Crippen LogP contribution in [-0.2, 0) is 0 Å². The molecule has 0 aliphatic rings. The highest BCUT2D eigenvalue weighted by Crippen LogP contribution is 1.99. The number of amides is 1. The average molecular weight is 314 g/mol. The molecule has 0 aliphatic heterocycles. The SMILES string of the molecule is CC(C)(C)NNC(=O)c1ccccc1.O=C(O)c1ccccc1. The van der Waals surface area contributed by atoms with Gasteiger partial charge in [-0.2, -0.15) is 0 Å². The van der Waals surface area contributed by atoms with Gasteiger partial charge in [-0.25, -0.2) is 10.2 Å². The summed E-state index contributed by atoms with van der Waals surface area (Å²) in [7, 11) is 0. The molecule has 0 heterocycles. The number of carboxylic acids is 1. The fourth-order valence-corrected chi connectivity index (χ4v) is 1.49. The quantitative estimate of drug-likeness (QED) is 0.761. The molecule has 1 amide bonds. The van der Waals surface area contributed by atoms with Crippen LogP contribution < -0.4 is 10.9 Å². The van der Waals surface area contributed by atoms with Crippen LogP contribution in [0.3, 0.4) is 0 Å². The van der Waals surface area contributed by atoms with Crippen molar-refractivity contribution in [1.29, 1.82) is 0 Å². The molecule has 5 heteroatoms. The first kappa shape index (κ1) is 18.4. The fraction of sp³-hybridized carbons (Fsp3) is 0.222. The molecule has 0 atom stereocenters. The molecule has 2 aromatic rings. The normalized spacial score (nSPS) is 10.2. The zero-order chi connectivity index (χ0) is 17.3. The molecule has 0 saturated heterocycles. The highest BCUT2D eigenvalue weighted by Gasteiger charge is 2.11. The number of rotatable bonds is 3. The number of aromatic carboxylic acids is 1. The van der Waals surface area contributed by atoms with Crippen LogP contribution in [0.5, 0.6) is 0 Å². The highest BCUT2D eigenvalue weighted by atomic mass is 16.4. The third kappa shape index (κ3) is 7.78. The molecule has 0 aliphatic carbocycles. The second kappa shape index (κ2) is 8.70. The van der Waals surface area contributed by atoms with Crippen molar-refractivity contribution in [2.75, 3.05) is 0 Å². The van der Waals surface area contributed by atoms with E-state index >= 15 is 0 Å². The van der Waals surface area contributed by atoms with E-state index in [9.17, 15) is 9.59 Å². The summed E-state index contributed by atoms with van der Waals surface area (Å²) in [5, 5.41) is 8.38. The van der Waals surface area contributed by atoms with Crippen molar-refractivity contribution < 1.29 is 14.7 Å². The second-order valence-corrected chi connectivity index (χ2v) is 5.87. The van der Waals surface area contributed by atoms with Crippen molar-refractivity contribution in [3.63, 3.8) is 0 Å². The number of nitrogens with one attached hydrogen (secondary N) is 2. The zero-order valence-electron chi connectivity index (χ0n) is 13.5. The first-order valence-electron chi connectivity index (χ1n) is 7.20. The van der Waals surface area contributed by atoms with E-state index < -0.39 is 5.97 Å². The predicted octanol–water partition coefficient (Wildman–Crippen LogP) is 3.10. The molecule has 2 rings (SSSR count). The standard InChI is InChI=1S/C11H16N2O.C7H6O2/c1-11(2,3)13-12-10(14)9-7-5-4-6-8-9;8-7(9)6-4-2-1-3-5-6/h4-8,13H,1-3H3,(H,12,14);1-5H,(H,8,9). The lowest BCUT2D eigenvalue weighted by atomic mass is 10.1. The lowest BCUT2D eigenvalue weighted by Gasteiger charge is -2.20. The highest BCUT2D eigenvalue weighted by molar-refractivity contribution is 5.93. The van der Waals surface area contributed by atoms with Gasteiger partial charge in [0.05, 0.1) is 5.56 Å². The minimum absolute atomic E-state index is 0.111. The van der Waals surface area contributed by atoms with E-state index in [1.54, 1.807) is 42.5 Å². The Balaban J connectivity index is 0.000000253. The van der Waals surface area contributed by atoms with Gasteiger partial charge in [-0.05, 0) is 45.0 Å². The number of hydrogen-bond donors (Lipinski definition) is 3. The molecular weight excluding hydrogens is 292 g/mol. The van der Waals surface area contributed by atoms with Crippen LogP contribution in [0.25, 0.3) is 0 Å². The third-order valence-corrected chi connectivity index (χ3v) is 2.61. The van der Waals surface area contributed by atoms with Crippen LogP contribution in [0.1, 0.15) is 41.5 Å². The number of hydrazine groups is 1. The lowest BCUT2D eigenvalue weighted by molar-refractivity contribution is 0.0696. The van der Waals surface area contributed by atoms with Crippen molar-refractivity contribution >= 4 is 11.9 Å². The van der Waals surface area contributed by atoms with E-state index in [-0.39, 0.29) is 11.4 Å². The Morgan fingerprint density at radius 3 is 1.61 bits per heavy atom. The summed E-state index contributed by atoms with van der Waals surface area (Å²) < 4.78 is 0. The van der Waals surface area contributed by atoms with Crippen molar-refractivity contribution in [2.24, 2.45) is 0 Å². The molecule has 0 spiro atoms. The van der Waals surface area contributed by atoms with E-state index in [0.717, 1.165) is 0 Å². The van der Waals surface area contributed by atoms with E-state index in [2.05, 4.69) is 10.9 Å². The van der Waals surface area contributed by atoms with Gasteiger partial charge in [0.1, 0.15) is 0 Å². The zero-order valence-corrected chi connectivity index (χ0v) is 13.5. The number of carbonyl (C=O) groups is 2. The maximum Gasteiger partial charge on any atom is 0.335 e. The summed E-state index contributed by atoms with van der Waals surface area (Å²) in [4.78, 5) is 21.7. The van der Waals surface area contributed by atoms with Crippen LogP contribution in [0.15, 0.2) is 60.7 Å². The van der Waals surface area contributed by atoms with Crippen LogP contribution in [-0.4, -0.2) is 22.5 Å². The van der Waals surface area contributed by atoms with Crippen LogP contribution >= 0.6 is 0 Å². The molecule has 122 valence electrons. The van der Waals surface area contributed by atoms with Crippen LogP contribution in [0, 0.1) is 0 Å². The van der Waals surface area contributed by atoms with Gasteiger partial charge in [0.2, 0.25) is 0 Å². The molecule has 0 radical (unpaired) electrons. The molecular formula is C18H22N2O3. The topological polar surface area (TPSA) is 78.4 Å². The minimum atomic E-state index is -0.879. The molecule has 0 aromatic heterocycles. The van der Waals surface area contributed by atoms with Gasteiger partial charge in [-0.3, -0.25) is 10.2 Å². The largest absolute Gasteiger partial charge is 0.478 e. The average Bonchev–Trinajstić information content (AvgIpc) is 2.54. The van der Waals surface area contributed by atoms with Crippen molar-refractivity contribution in [3.8, 4) is 0 Å². The second-order valence-electron chi connectivity index (χ2n) is 5.87. The Bertz CT molecular complexity index is 620. The Labute approximate surface area is 136 Å². The number of carbonyl (C=O) groups excluding carboxylic acids is 1. The Morgan fingerprint density at radius 2 is 1.26 bits per heavy atom. The van der Waals surface area contributed by atoms with Crippen molar-refractivity contribution in [3.05, 3.63) is 71.8 Å². The van der Waals surface area contributed by atoms with Gasteiger partial charge < -0.3 is 5.11 Å². The van der Waals surface area contributed by atoms with Crippen LogP contribution in [0.2, 0.25) is 0 Å². The first-order valence-corrected chi connectivity index (χ1v) is 7.20. The maximum atomic E-state index is 11.5. The summed E-state index contributed by atoms with van der Waals surface area (Å²) >= 11 is 0. The Morgan fingerprint density at radius 1 is 0.826 bits per heavy atom. The van der Waals surface area contributed by atoms with Crippen molar-refractivity contribution in [2.45, 2.75) is 26.3 Å². The molecule has 0 bridgehead atoms. The molecule has 0 saturated carbocycles. The summed E-state index contributed by atoms with van der Waals surface area (Å²) in [5.74, 6) is -0.990. The predicted molar refractivity (Wildman–Crippen MR) is 90.2 cm³/mol. The molecule has 2 aromatic carbocycles. The summed E-state index contributed by atoms with van der Waals surface area (Å²) in [5.41, 5.74) is 6.44. The van der Waals surface area contributed by atoms with Gasteiger partial charge in [0.25, 0.3) is 5.91 Å². The van der Waals surface area contributed by atoms with Gasteiger partial charge >= 0.3 is 5.97 Å². The summed E-state index contributed by atoms with van der Waals surface area (Å²) in [6.07, 6.45) is 0. The molecule has 5 nitrogen and oxygen atoms in total. The van der Waals surface area contributed by atoms with Crippen molar-refractivity contribution in [1.82, 2.24) is 10.9 Å². The summed E-state index contributed by atoms with van der Waals surface area (Å²) in [6.45, 7) is 5.95. The number of carboxylic acid groups (broad SMARTS) is 1. The van der Waals surface area contributed by atoms with E-state index in [4.69, 9.17) is 5.11 Å².